The van der Waals surface area contributed by atoms with Gasteiger partial charge in [-0.1, -0.05) is 37.6 Å². The van der Waals surface area contributed by atoms with Gasteiger partial charge in [-0.05, 0) is 73.2 Å². The summed E-state index contributed by atoms with van der Waals surface area (Å²) >= 11 is 0. The van der Waals surface area contributed by atoms with Gasteiger partial charge in [0.15, 0.2) is 5.78 Å². The Morgan fingerprint density at radius 1 is 0.857 bits per heavy atom. The van der Waals surface area contributed by atoms with Gasteiger partial charge in [0.05, 0.1) is 13.7 Å². The molecule has 1 saturated carbocycles. The number of benzene rings is 2. The molecule has 1 fully saturated rings. The number of Topliss-reactive ketones (excluding diaryl/α,β-unsaturated/α-hetero) is 1. The number of allylic oxidation sites excluding steroid dienone is 2. The first-order valence-electron chi connectivity index (χ1n) is 10.0. The van der Waals surface area contributed by atoms with E-state index in [0.29, 0.717) is 0 Å². The number of ether oxygens (including phenoxy) is 2. The average molecular weight is 376 g/mol. The average Bonchev–Trinajstić information content (AvgIpc) is 2.73. The topological polar surface area (TPSA) is 35.5 Å². The minimum absolute atomic E-state index is 0.158. The molecule has 0 heterocycles. The van der Waals surface area contributed by atoms with Crippen molar-refractivity contribution in [1.29, 1.82) is 0 Å². The van der Waals surface area contributed by atoms with Crippen LogP contribution in [0.3, 0.4) is 0 Å². The summed E-state index contributed by atoms with van der Waals surface area (Å²) < 4.78 is 10.9. The summed E-state index contributed by atoms with van der Waals surface area (Å²) in [5.74, 6) is 1.86. The molecule has 3 heteroatoms. The van der Waals surface area contributed by atoms with Gasteiger partial charge < -0.3 is 9.47 Å². The van der Waals surface area contributed by atoms with Crippen LogP contribution in [0.15, 0.2) is 59.7 Å². The Bertz CT molecular complexity index is 842. The van der Waals surface area contributed by atoms with Crippen LogP contribution in [0.1, 0.15) is 50.2 Å². The van der Waals surface area contributed by atoms with Crippen LogP contribution in [0.2, 0.25) is 0 Å². The number of ketones is 1. The molecule has 0 saturated heterocycles. The molecule has 0 amide bonds. The Morgan fingerprint density at radius 2 is 1.39 bits per heavy atom. The predicted molar refractivity (Wildman–Crippen MR) is 115 cm³/mol. The van der Waals surface area contributed by atoms with Crippen molar-refractivity contribution in [3.05, 3.63) is 70.8 Å². The van der Waals surface area contributed by atoms with Gasteiger partial charge in [0, 0.05) is 11.1 Å². The third-order valence-corrected chi connectivity index (χ3v) is 4.92. The lowest BCUT2D eigenvalue weighted by Gasteiger charge is -2.16. The first-order valence-corrected chi connectivity index (χ1v) is 10.0. The molecule has 0 atom stereocenters. The van der Waals surface area contributed by atoms with Gasteiger partial charge in [0.25, 0.3) is 0 Å². The number of carbonyl (C=O) groups excluding carboxylic acids is 1. The molecule has 0 aromatic heterocycles. The van der Waals surface area contributed by atoms with Crippen LogP contribution in [0.25, 0.3) is 12.2 Å². The standard InChI is InChI=1S/C25H28O3/c1-3-4-16-28-24-14-10-20(11-15-24)18-22-7-5-6-21(25(22)26)17-19-8-12-23(27-2)13-9-19/h8-15,17-18H,3-7,16H2,1-2H3. The summed E-state index contributed by atoms with van der Waals surface area (Å²) in [6.07, 6.45) is 8.85. The number of methoxy groups -OCH3 is 1. The molecule has 28 heavy (non-hydrogen) atoms. The maximum atomic E-state index is 12.9. The summed E-state index contributed by atoms with van der Waals surface area (Å²) in [4.78, 5) is 12.9. The van der Waals surface area contributed by atoms with Crippen LogP contribution in [0.4, 0.5) is 0 Å². The molecule has 1 aliphatic carbocycles. The molecular weight excluding hydrogens is 348 g/mol. The van der Waals surface area contributed by atoms with E-state index < -0.39 is 0 Å². The van der Waals surface area contributed by atoms with E-state index in [4.69, 9.17) is 9.47 Å². The van der Waals surface area contributed by atoms with Gasteiger partial charge in [0.2, 0.25) is 0 Å². The highest BCUT2D eigenvalue weighted by Crippen LogP contribution is 2.28. The zero-order valence-corrected chi connectivity index (χ0v) is 16.7. The van der Waals surface area contributed by atoms with Crippen molar-refractivity contribution in [2.45, 2.75) is 39.0 Å². The number of carbonyl (C=O) groups is 1. The van der Waals surface area contributed by atoms with E-state index in [1.807, 2.05) is 60.7 Å². The third-order valence-electron chi connectivity index (χ3n) is 4.92. The zero-order chi connectivity index (χ0) is 19.8. The highest BCUT2D eigenvalue weighted by atomic mass is 16.5. The van der Waals surface area contributed by atoms with E-state index in [2.05, 4.69) is 6.92 Å². The first-order chi connectivity index (χ1) is 13.7. The highest BCUT2D eigenvalue weighted by Gasteiger charge is 2.20. The molecule has 0 bridgehead atoms. The molecular formula is C25H28O3. The monoisotopic (exact) mass is 376 g/mol. The van der Waals surface area contributed by atoms with Crippen LogP contribution >= 0.6 is 0 Å². The van der Waals surface area contributed by atoms with Crippen molar-refractivity contribution >= 4 is 17.9 Å². The zero-order valence-electron chi connectivity index (χ0n) is 16.7. The van der Waals surface area contributed by atoms with E-state index in [1.165, 1.54) is 0 Å². The van der Waals surface area contributed by atoms with Crippen LogP contribution < -0.4 is 9.47 Å². The van der Waals surface area contributed by atoms with Crippen molar-refractivity contribution in [2.75, 3.05) is 13.7 Å². The Hall–Kier alpha value is -2.81. The SMILES string of the molecule is CCCCOc1ccc(C=C2CCCC(=Cc3ccc(OC)cc3)C2=O)cc1. The maximum Gasteiger partial charge on any atom is 0.185 e. The molecule has 0 unspecified atom stereocenters. The minimum atomic E-state index is 0.158. The van der Waals surface area contributed by atoms with Gasteiger partial charge >= 0.3 is 0 Å². The molecule has 2 aromatic rings. The van der Waals surface area contributed by atoms with E-state index >= 15 is 0 Å². The Balaban J connectivity index is 1.71. The molecule has 0 spiro atoms. The second-order valence-corrected chi connectivity index (χ2v) is 7.07. The molecule has 146 valence electrons. The van der Waals surface area contributed by atoms with E-state index in [9.17, 15) is 4.79 Å². The van der Waals surface area contributed by atoms with Crippen molar-refractivity contribution < 1.29 is 14.3 Å². The highest BCUT2D eigenvalue weighted by molar-refractivity contribution is 6.13. The second kappa shape index (κ2) is 9.93. The lowest BCUT2D eigenvalue weighted by atomic mass is 9.87. The Kier molecular flexibility index (Phi) is 7.07. The number of hydrogen-bond donors (Lipinski definition) is 0. The molecule has 3 rings (SSSR count). The normalized spacial score (nSPS) is 17.1. The summed E-state index contributed by atoms with van der Waals surface area (Å²) in [5, 5.41) is 0. The lowest BCUT2D eigenvalue weighted by molar-refractivity contribution is -0.112. The minimum Gasteiger partial charge on any atom is -0.497 e. The van der Waals surface area contributed by atoms with Crippen molar-refractivity contribution in [3.8, 4) is 11.5 Å². The van der Waals surface area contributed by atoms with Gasteiger partial charge in [0.1, 0.15) is 11.5 Å². The number of rotatable bonds is 7. The van der Waals surface area contributed by atoms with Crippen LogP contribution in [0, 0.1) is 0 Å². The molecule has 1 aliphatic rings. The van der Waals surface area contributed by atoms with Crippen molar-refractivity contribution in [3.63, 3.8) is 0 Å². The van der Waals surface area contributed by atoms with Crippen molar-refractivity contribution in [2.24, 2.45) is 0 Å². The van der Waals surface area contributed by atoms with E-state index in [1.54, 1.807) is 7.11 Å². The van der Waals surface area contributed by atoms with Crippen molar-refractivity contribution in [1.82, 2.24) is 0 Å². The molecule has 0 N–H and O–H groups in total. The number of hydrogen-bond acceptors (Lipinski definition) is 3. The molecule has 3 nitrogen and oxygen atoms in total. The quantitative estimate of drug-likeness (QED) is 0.433. The van der Waals surface area contributed by atoms with E-state index in [0.717, 1.165) is 72.5 Å². The summed E-state index contributed by atoms with van der Waals surface area (Å²) in [6, 6.07) is 15.8. The summed E-state index contributed by atoms with van der Waals surface area (Å²) in [6.45, 7) is 2.89. The number of unbranched alkanes of at least 4 members (excludes halogenated alkanes) is 1. The smallest absolute Gasteiger partial charge is 0.185 e. The summed E-state index contributed by atoms with van der Waals surface area (Å²) in [7, 11) is 1.65. The van der Waals surface area contributed by atoms with E-state index in [-0.39, 0.29) is 5.78 Å². The molecule has 0 aliphatic heterocycles. The van der Waals surface area contributed by atoms with Gasteiger partial charge in [-0.15, -0.1) is 0 Å². The van der Waals surface area contributed by atoms with Gasteiger partial charge in [-0.25, -0.2) is 0 Å². The fourth-order valence-electron chi connectivity index (χ4n) is 3.28. The first kappa shape index (κ1) is 19.9. The summed E-state index contributed by atoms with van der Waals surface area (Å²) in [5.41, 5.74) is 3.82. The Labute approximate surface area is 167 Å². The van der Waals surface area contributed by atoms with Gasteiger partial charge in [-0.3, -0.25) is 4.79 Å². The van der Waals surface area contributed by atoms with Crippen LogP contribution in [-0.4, -0.2) is 19.5 Å². The van der Waals surface area contributed by atoms with Gasteiger partial charge in [-0.2, -0.15) is 0 Å². The maximum absolute atomic E-state index is 12.9. The predicted octanol–water partition coefficient (Wildman–Crippen LogP) is 6.09. The van der Waals surface area contributed by atoms with Crippen LogP contribution in [0.5, 0.6) is 11.5 Å². The molecule has 2 aromatic carbocycles. The lowest BCUT2D eigenvalue weighted by Crippen LogP contribution is -2.12. The fourth-order valence-corrected chi connectivity index (χ4v) is 3.28. The fraction of sp³-hybridized carbons (Fsp3) is 0.320. The molecule has 0 radical (unpaired) electrons. The Morgan fingerprint density at radius 3 is 1.89 bits per heavy atom. The second-order valence-electron chi connectivity index (χ2n) is 7.07. The third kappa shape index (κ3) is 5.35. The van der Waals surface area contributed by atoms with Crippen LogP contribution in [-0.2, 0) is 4.79 Å². The largest absolute Gasteiger partial charge is 0.497 e.